The van der Waals surface area contributed by atoms with Gasteiger partial charge in [-0.05, 0) is 42.4 Å². The predicted molar refractivity (Wildman–Crippen MR) is 107 cm³/mol. The highest BCUT2D eigenvalue weighted by molar-refractivity contribution is 7.71. The minimum Gasteiger partial charge on any atom is -0.385 e. The fourth-order valence-corrected chi connectivity index (χ4v) is 3.13. The van der Waals surface area contributed by atoms with Crippen molar-refractivity contribution in [2.24, 2.45) is 0 Å². The number of amides is 1. The summed E-state index contributed by atoms with van der Waals surface area (Å²) in [4.78, 5) is 28.1. The van der Waals surface area contributed by atoms with Crippen LogP contribution in [0, 0.1) is 4.77 Å². The largest absolute Gasteiger partial charge is 0.385 e. The molecule has 7 heteroatoms. The second-order valence-corrected chi connectivity index (χ2v) is 6.55. The minimum absolute atomic E-state index is 0.166. The molecule has 0 atom stereocenters. The van der Waals surface area contributed by atoms with E-state index in [4.69, 9.17) is 17.0 Å². The molecule has 6 nitrogen and oxygen atoms in total. The van der Waals surface area contributed by atoms with Crippen molar-refractivity contribution in [3.05, 3.63) is 74.8 Å². The topological polar surface area (TPSA) is 76.1 Å². The molecule has 0 saturated carbocycles. The third-order valence-corrected chi connectivity index (χ3v) is 4.59. The predicted octanol–water partition coefficient (Wildman–Crippen LogP) is 3.03. The van der Waals surface area contributed by atoms with Gasteiger partial charge in [0.1, 0.15) is 0 Å². The molecule has 3 aromatic rings. The molecule has 1 amide bonds. The van der Waals surface area contributed by atoms with E-state index in [1.807, 2.05) is 30.3 Å². The highest BCUT2D eigenvalue weighted by Gasteiger charge is 2.10. The lowest BCUT2D eigenvalue weighted by Gasteiger charge is -2.09. The minimum atomic E-state index is -0.204. The number of hydrogen-bond donors (Lipinski definition) is 2. The highest BCUT2D eigenvalue weighted by atomic mass is 32.1. The molecule has 1 heterocycles. The Morgan fingerprint density at radius 2 is 2.00 bits per heavy atom. The van der Waals surface area contributed by atoms with Crippen molar-refractivity contribution in [1.82, 2.24) is 14.9 Å². The average Bonchev–Trinajstić information content (AvgIpc) is 2.69. The van der Waals surface area contributed by atoms with Crippen LogP contribution in [0.2, 0.25) is 0 Å². The van der Waals surface area contributed by atoms with Gasteiger partial charge < -0.3 is 15.0 Å². The van der Waals surface area contributed by atoms with Gasteiger partial charge in [0.15, 0.2) is 4.77 Å². The van der Waals surface area contributed by atoms with Crippen molar-refractivity contribution >= 4 is 29.0 Å². The van der Waals surface area contributed by atoms with Gasteiger partial charge in [0.25, 0.3) is 11.5 Å². The van der Waals surface area contributed by atoms with Crippen LogP contribution < -0.4 is 10.9 Å². The average molecular weight is 383 g/mol. The quantitative estimate of drug-likeness (QED) is 0.486. The van der Waals surface area contributed by atoms with Gasteiger partial charge in [0, 0.05) is 32.4 Å². The zero-order chi connectivity index (χ0) is 19.2. The summed E-state index contributed by atoms with van der Waals surface area (Å²) in [5, 5.41) is 3.38. The van der Waals surface area contributed by atoms with E-state index in [1.54, 1.807) is 25.3 Å². The standard InChI is InChI=1S/C20H21N3O3S/c1-26-11-5-10-23-19(25)16-9-8-15(12-17(16)22-20(23)27)18(24)21-13-14-6-3-2-4-7-14/h2-4,6-9,12H,5,10-11,13H2,1H3,(H,21,24)(H,22,27). The first-order chi connectivity index (χ1) is 13.1. The number of hydrogen-bond acceptors (Lipinski definition) is 4. The molecule has 2 N–H and O–H groups in total. The normalized spacial score (nSPS) is 10.9. The van der Waals surface area contributed by atoms with E-state index in [0.717, 1.165) is 5.56 Å². The molecule has 0 saturated heterocycles. The zero-order valence-corrected chi connectivity index (χ0v) is 15.8. The number of fused-ring (bicyclic) bond motifs is 1. The maximum absolute atomic E-state index is 12.7. The van der Waals surface area contributed by atoms with Gasteiger partial charge in [-0.2, -0.15) is 0 Å². The summed E-state index contributed by atoms with van der Waals surface area (Å²) in [6.07, 6.45) is 0.694. The number of H-pyrrole nitrogens is 1. The molecule has 0 aliphatic heterocycles. The van der Waals surface area contributed by atoms with Crippen LogP contribution in [-0.2, 0) is 17.8 Å². The van der Waals surface area contributed by atoms with Gasteiger partial charge in [-0.25, -0.2) is 0 Å². The van der Waals surface area contributed by atoms with Crippen LogP contribution in [0.3, 0.4) is 0 Å². The number of benzene rings is 2. The van der Waals surface area contributed by atoms with Crippen molar-refractivity contribution in [1.29, 1.82) is 0 Å². The molecule has 0 spiro atoms. The summed E-state index contributed by atoms with van der Waals surface area (Å²) in [7, 11) is 1.62. The molecule has 1 aromatic heterocycles. The van der Waals surface area contributed by atoms with Gasteiger partial charge >= 0.3 is 0 Å². The first kappa shape index (κ1) is 19.0. The summed E-state index contributed by atoms with van der Waals surface area (Å²) < 4.78 is 6.88. The Kier molecular flexibility index (Phi) is 6.16. The summed E-state index contributed by atoms with van der Waals surface area (Å²) in [5.74, 6) is -0.204. The van der Waals surface area contributed by atoms with Gasteiger partial charge in [-0.1, -0.05) is 30.3 Å². The Bertz CT molecular complexity index is 1060. The molecule has 3 rings (SSSR count). The number of carbonyl (C=O) groups is 1. The van der Waals surface area contributed by atoms with Crippen molar-refractivity contribution in [2.45, 2.75) is 19.5 Å². The number of carbonyl (C=O) groups excluding carboxylic acids is 1. The molecule has 0 aliphatic rings. The van der Waals surface area contributed by atoms with Crippen molar-refractivity contribution in [2.75, 3.05) is 13.7 Å². The Hall–Kier alpha value is -2.77. The molecular weight excluding hydrogens is 362 g/mol. The fourth-order valence-electron chi connectivity index (χ4n) is 2.85. The van der Waals surface area contributed by atoms with Crippen LogP contribution in [0.1, 0.15) is 22.3 Å². The van der Waals surface area contributed by atoms with Crippen LogP contribution >= 0.6 is 12.2 Å². The van der Waals surface area contributed by atoms with E-state index < -0.39 is 0 Å². The summed E-state index contributed by atoms with van der Waals surface area (Å²) in [6, 6.07) is 14.7. The molecule has 0 bridgehead atoms. The molecule has 0 aliphatic carbocycles. The van der Waals surface area contributed by atoms with E-state index in [9.17, 15) is 9.59 Å². The first-order valence-corrected chi connectivity index (χ1v) is 9.09. The summed E-state index contributed by atoms with van der Waals surface area (Å²) in [6.45, 7) is 1.48. The lowest BCUT2D eigenvalue weighted by Crippen LogP contribution is -2.24. The lowest BCUT2D eigenvalue weighted by atomic mass is 10.1. The zero-order valence-electron chi connectivity index (χ0n) is 15.0. The Labute approximate surface area is 161 Å². The van der Waals surface area contributed by atoms with E-state index in [1.165, 1.54) is 4.57 Å². The number of ether oxygens (including phenoxy) is 1. The van der Waals surface area contributed by atoms with Crippen LogP contribution in [0.4, 0.5) is 0 Å². The summed E-state index contributed by atoms with van der Waals surface area (Å²) in [5.41, 5.74) is 1.88. The first-order valence-electron chi connectivity index (χ1n) is 8.68. The van der Waals surface area contributed by atoms with Crippen molar-refractivity contribution in [3.63, 3.8) is 0 Å². The van der Waals surface area contributed by atoms with E-state index in [0.29, 0.717) is 47.4 Å². The summed E-state index contributed by atoms with van der Waals surface area (Å²) >= 11 is 5.31. The van der Waals surface area contributed by atoms with Crippen LogP contribution in [0.25, 0.3) is 10.9 Å². The Morgan fingerprint density at radius 3 is 2.74 bits per heavy atom. The van der Waals surface area contributed by atoms with Gasteiger partial charge in [-0.15, -0.1) is 0 Å². The van der Waals surface area contributed by atoms with Gasteiger partial charge in [-0.3, -0.25) is 14.2 Å². The number of aromatic nitrogens is 2. The number of aromatic amines is 1. The third kappa shape index (κ3) is 4.50. The SMILES string of the molecule is COCCCn1c(=S)[nH]c2cc(C(=O)NCc3ccccc3)ccc2c1=O. The lowest BCUT2D eigenvalue weighted by molar-refractivity contribution is 0.0951. The second kappa shape index (κ2) is 8.75. The van der Waals surface area contributed by atoms with Gasteiger partial charge in [0.2, 0.25) is 0 Å². The molecule has 0 radical (unpaired) electrons. The van der Waals surface area contributed by atoms with Gasteiger partial charge in [0.05, 0.1) is 10.9 Å². The van der Waals surface area contributed by atoms with Crippen LogP contribution in [-0.4, -0.2) is 29.2 Å². The maximum Gasteiger partial charge on any atom is 0.262 e. The third-order valence-electron chi connectivity index (χ3n) is 4.27. The monoisotopic (exact) mass is 383 g/mol. The van der Waals surface area contributed by atoms with E-state index in [2.05, 4.69) is 10.3 Å². The molecule has 27 heavy (non-hydrogen) atoms. The number of rotatable bonds is 7. The number of methoxy groups -OCH3 is 1. The second-order valence-electron chi connectivity index (χ2n) is 6.16. The molecular formula is C20H21N3O3S. The van der Waals surface area contributed by atoms with Crippen molar-refractivity contribution < 1.29 is 9.53 Å². The Balaban J connectivity index is 1.82. The van der Waals surface area contributed by atoms with E-state index >= 15 is 0 Å². The molecule has 0 unspecified atom stereocenters. The van der Waals surface area contributed by atoms with E-state index in [-0.39, 0.29) is 11.5 Å². The smallest absolute Gasteiger partial charge is 0.262 e. The number of nitrogens with one attached hydrogen (secondary N) is 2. The fraction of sp³-hybridized carbons (Fsp3) is 0.250. The molecule has 0 fully saturated rings. The Morgan fingerprint density at radius 1 is 1.22 bits per heavy atom. The van der Waals surface area contributed by atoms with Crippen molar-refractivity contribution in [3.8, 4) is 0 Å². The maximum atomic E-state index is 12.7. The molecule has 2 aromatic carbocycles. The number of nitrogens with zero attached hydrogens (tertiary/aromatic N) is 1. The van der Waals surface area contributed by atoms with Crippen LogP contribution in [0.5, 0.6) is 0 Å². The highest BCUT2D eigenvalue weighted by Crippen LogP contribution is 2.11. The van der Waals surface area contributed by atoms with Crippen LogP contribution in [0.15, 0.2) is 53.3 Å². The molecule has 140 valence electrons.